The van der Waals surface area contributed by atoms with Gasteiger partial charge in [-0.15, -0.1) is 0 Å². The first-order valence-corrected chi connectivity index (χ1v) is 6.76. The maximum atomic E-state index is 11.5. The van der Waals surface area contributed by atoms with Crippen LogP contribution in [0, 0.1) is 6.92 Å². The Hall–Kier alpha value is -2.14. The summed E-state index contributed by atoms with van der Waals surface area (Å²) in [6.07, 6.45) is 0.850. The number of benzene rings is 2. The van der Waals surface area contributed by atoms with E-state index < -0.39 is 6.09 Å². The summed E-state index contributed by atoms with van der Waals surface area (Å²) in [5.74, 6) is 0. The van der Waals surface area contributed by atoms with E-state index in [1.54, 1.807) is 12.1 Å². The van der Waals surface area contributed by atoms with Crippen LogP contribution in [0.3, 0.4) is 0 Å². The number of hydrogen-bond donors (Lipinski definition) is 1. The van der Waals surface area contributed by atoms with Crippen LogP contribution < -0.4 is 5.32 Å². The maximum Gasteiger partial charge on any atom is 0.437 e. The summed E-state index contributed by atoms with van der Waals surface area (Å²) >= 11 is 3.34. The SMILES string of the molecule is Cc1ccc(NC(=O)O/N=C/c2ccc(Br)cc2)cc1. The highest BCUT2D eigenvalue weighted by atomic mass is 79.9. The van der Waals surface area contributed by atoms with Gasteiger partial charge in [0.25, 0.3) is 0 Å². The lowest BCUT2D eigenvalue weighted by atomic mass is 10.2. The Kier molecular flexibility index (Phi) is 4.90. The van der Waals surface area contributed by atoms with Gasteiger partial charge in [-0.25, -0.2) is 4.79 Å². The molecule has 0 aliphatic heterocycles. The van der Waals surface area contributed by atoms with Crippen molar-refractivity contribution in [1.29, 1.82) is 0 Å². The van der Waals surface area contributed by atoms with Gasteiger partial charge in [0.1, 0.15) is 0 Å². The van der Waals surface area contributed by atoms with Gasteiger partial charge >= 0.3 is 6.09 Å². The van der Waals surface area contributed by atoms with Crippen molar-refractivity contribution in [2.24, 2.45) is 5.16 Å². The lowest BCUT2D eigenvalue weighted by Gasteiger charge is -2.02. The van der Waals surface area contributed by atoms with Crippen LogP contribution in [-0.4, -0.2) is 12.3 Å². The minimum atomic E-state index is -0.623. The predicted molar refractivity (Wildman–Crippen MR) is 83.0 cm³/mol. The van der Waals surface area contributed by atoms with E-state index in [1.165, 1.54) is 6.21 Å². The molecule has 0 radical (unpaired) electrons. The van der Waals surface area contributed by atoms with Gasteiger partial charge < -0.3 is 0 Å². The molecule has 0 saturated heterocycles. The average Bonchev–Trinajstić information content (AvgIpc) is 2.44. The Balaban J connectivity index is 1.85. The van der Waals surface area contributed by atoms with Crippen LogP contribution >= 0.6 is 15.9 Å². The normalized spacial score (nSPS) is 10.5. The van der Waals surface area contributed by atoms with Crippen molar-refractivity contribution in [3.63, 3.8) is 0 Å². The second kappa shape index (κ2) is 6.86. The summed E-state index contributed by atoms with van der Waals surface area (Å²) in [4.78, 5) is 16.2. The van der Waals surface area contributed by atoms with Gasteiger partial charge in [-0.2, -0.15) is 0 Å². The third-order valence-electron chi connectivity index (χ3n) is 2.51. The van der Waals surface area contributed by atoms with Gasteiger partial charge in [-0.3, -0.25) is 10.2 Å². The van der Waals surface area contributed by atoms with Gasteiger partial charge in [0.2, 0.25) is 0 Å². The molecule has 0 spiro atoms. The number of nitrogens with zero attached hydrogens (tertiary/aromatic N) is 1. The standard InChI is InChI=1S/C15H13BrN2O2/c1-11-2-8-14(9-3-11)18-15(19)20-17-10-12-4-6-13(16)7-5-12/h2-10H,1H3,(H,18,19)/b17-10+. The Morgan fingerprint density at radius 1 is 1.15 bits per heavy atom. The van der Waals surface area contributed by atoms with Crippen LogP contribution in [0.15, 0.2) is 58.2 Å². The fourth-order valence-corrected chi connectivity index (χ4v) is 1.73. The fraction of sp³-hybridized carbons (Fsp3) is 0.0667. The second-order valence-electron chi connectivity index (χ2n) is 4.16. The summed E-state index contributed by atoms with van der Waals surface area (Å²) in [7, 11) is 0. The fourth-order valence-electron chi connectivity index (χ4n) is 1.46. The van der Waals surface area contributed by atoms with Crippen LogP contribution in [0.25, 0.3) is 0 Å². The number of anilines is 1. The third kappa shape index (κ3) is 4.51. The number of nitrogens with one attached hydrogen (secondary N) is 1. The molecule has 20 heavy (non-hydrogen) atoms. The minimum absolute atomic E-state index is 0.623. The van der Waals surface area contributed by atoms with Crippen LogP contribution in [0.1, 0.15) is 11.1 Å². The van der Waals surface area contributed by atoms with Crippen molar-refractivity contribution in [1.82, 2.24) is 0 Å². The monoisotopic (exact) mass is 332 g/mol. The first-order chi connectivity index (χ1) is 9.63. The first-order valence-electron chi connectivity index (χ1n) is 5.97. The summed E-state index contributed by atoms with van der Waals surface area (Å²) < 4.78 is 0.979. The molecule has 0 aliphatic carbocycles. The zero-order valence-electron chi connectivity index (χ0n) is 10.8. The molecule has 0 atom stereocenters. The van der Waals surface area contributed by atoms with E-state index in [1.807, 2.05) is 43.3 Å². The number of rotatable bonds is 3. The van der Waals surface area contributed by atoms with Crippen molar-refractivity contribution < 1.29 is 9.63 Å². The Morgan fingerprint density at radius 3 is 2.45 bits per heavy atom. The Labute approximate surface area is 125 Å². The molecule has 2 aromatic rings. The third-order valence-corrected chi connectivity index (χ3v) is 3.03. The topological polar surface area (TPSA) is 50.7 Å². The van der Waals surface area contributed by atoms with E-state index in [2.05, 4.69) is 26.4 Å². The molecule has 0 fully saturated rings. The van der Waals surface area contributed by atoms with Crippen LogP contribution in [0.2, 0.25) is 0 Å². The molecule has 0 aliphatic rings. The Morgan fingerprint density at radius 2 is 1.80 bits per heavy atom. The highest BCUT2D eigenvalue weighted by Gasteiger charge is 2.01. The van der Waals surface area contributed by atoms with E-state index in [-0.39, 0.29) is 0 Å². The lowest BCUT2D eigenvalue weighted by molar-refractivity contribution is 0.167. The maximum absolute atomic E-state index is 11.5. The molecule has 0 saturated carbocycles. The zero-order valence-corrected chi connectivity index (χ0v) is 12.4. The van der Waals surface area contributed by atoms with E-state index in [0.29, 0.717) is 5.69 Å². The van der Waals surface area contributed by atoms with Gasteiger partial charge in [0, 0.05) is 10.2 Å². The van der Waals surface area contributed by atoms with E-state index >= 15 is 0 Å². The second-order valence-corrected chi connectivity index (χ2v) is 5.07. The predicted octanol–water partition coefficient (Wildman–Crippen LogP) is 4.34. The number of oxime groups is 1. The smallest absolute Gasteiger partial charge is 0.298 e. The van der Waals surface area contributed by atoms with E-state index in [0.717, 1.165) is 15.6 Å². The molecule has 2 rings (SSSR count). The number of aryl methyl sites for hydroxylation is 1. The summed E-state index contributed by atoms with van der Waals surface area (Å²) in [5.41, 5.74) is 2.63. The molecule has 1 amide bonds. The highest BCUT2D eigenvalue weighted by Crippen LogP contribution is 2.10. The van der Waals surface area contributed by atoms with Crippen LogP contribution in [0.5, 0.6) is 0 Å². The van der Waals surface area contributed by atoms with Gasteiger partial charge in [-0.1, -0.05) is 50.9 Å². The molecule has 0 heterocycles. The number of halogens is 1. The highest BCUT2D eigenvalue weighted by molar-refractivity contribution is 9.10. The van der Waals surface area contributed by atoms with E-state index in [9.17, 15) is 4.79 Å². The molecule has 102 valence electrons. The minimum Gasteiger partial charge on any atom is -0.298 e. The van der Waals surface area contributed by atoms with Crippen LogP contribution in [-0.2, 0) is 4.84 Å². The van der Waals surface area contributed by atoms with Gasteiger partial charge in [0.05, 0.1) is 6.21 Å². The quantitative estimate of drug-likeness (QED) is 0.516. The first kappa shape index (κ1) is 14.3. The summed E-state index contributed by atoms with van der Waals surface area (Å²) in [6.45, 7) is 1.98. The molecule has 0 unspecified atom stereocenters. The van der Waals surface area contributed by atoms with Crippen LogP contribution in [0.4, 0.5) is 10.5 Å². The Bertz CT molecular complexity index is 607. The molecule has 0 aromatic heterocycles. The van der Waals surface area contributed by atoms with Gasteiger partial charge in [0.15, 0.2) is 0 Å². The van der Waals surface area contributed by atoms with Crippen molar-refractivity contribution in [3.8, 4) is 0 Å². The molecular weight excluding hydrogens is 320 g/mol. The number of amides is 1. The molecular formula is C15H13BrN2O2. The van der Waals surface area contributed by atoms with Crippen molar-refractivity contribution >= 4 is 33.9 Å². The summed E-state index contributed by atoms with van der Waals surface area (Å²) in [6, 6.07) is 14.9. The number of carbonyl (C=O) groups is 1. The largest absolute Gasteiger partial charge is 0.437 e. The molecule has 0 bridgehead atoms. The molecule has 1 N–H and O–H groups in total. The van der Waals surface area contributed by atoms with Crippen molar-refractivity contribution in [3.05, 3.63) is 64.1 Å². The molecule has 4 nitrogen and oxygen atoms in total. The number of hydrogen-bond acceptors (Lipinski definition) is 3. The van der Waals surface area contributed by atoms with E-state index in [4.69, 9.17) is 4.84 Å². The molecule has 5 heteroatoms. The molecule has 2 aromatic carbocycles. The van der Waals surface area contributed by atoms with Crippen molar-refractivity contribution in [2.45, 2.75) is 6.92 Å². The lowest BCUT2D eigenvalue weighted by Crippen LogP contribution is -2.10. The number of carbonyl (C=O) groups excluding carboxylic acids is 1. The van der Waals surface area contributed by atoms with Gasteiger partial charge in [-0.05, 0) is 36.8 Å². The summed E-state index contributed by atoms with van der Waals surface area (Å²) in [5, 5.41) is 6.21. The zero-order chi connectivity index (χ0) is 14.4. The average molecular weight is 333 g/mol. The van der Waals surface area contributed by atoms with Crippen molar-refractivity contribution in [2.75, 3.05) is 5.32 Å².